The van der Waals surface area contributed by atoms with Gasteiger partial charge in [0.15, 0.2) is 0 Å². The average molecular weight is 324 g/mol. The van der Waals surface area contributed by atoms with Gasteiger partial charge in [-0.05, 0) is 31.4 Å². The molecule has 7 heteroatoms. The lowest BCUT2D eigenvalue weighted by atomic mass is 10.0. The Morgan fingerprint density at radius 2 is 2.10 bits per heavy atom. The molecule has 0 radical (unpaired) electrons. The van der Waals surface area contributed by atoms with Gasteiger partial charge in [-0.15, -0.1) is 0 Å². The van der Waals surface area contributed by atoms with Gasteiger partial charge in [-0.25, -0.2) is 0 Å². The van der Waals surface area contributed by atoms with Gasteiger partial charge in [-0.2, -0.15) is 9.78 Å². The van der Waals surface area contributed by atoms with Gasteiger partial charge in [0.25, 0.3) is 0 Å². The maximum absolute atomic E-state index is 7.69. The first kappa shape index (κ1) is 14.2. The SMILES string of the molecule is N=C(N)n1nc(-c2ccc(Cl)c(Cl)c2)c2c1NCCCC2. The topological polar surface area (TPSA) is 79.7 Å². The van der Waals surface area contributed by atoms with Gasteiger partial charge in [0, 0.05) is 17.7 Å². The molecule has 110 valence electrons. The highest BCUT2D eigenvalue weighted by atomic mass is 35.5. The van der Waals surface area contributed by atoms with Crippen molar-refractivity contribution in [3.63, 3.8) is 0 Å². The molecule has 0 spiro atoms. The fourth-order valence-electron chi connectivity index (χ4n) is 2.55. The number of hydrogen-bond acceptors (Lipinski definition) is 3. The number of nitrogens with zero attached hydrogens (tertiary/aromatic N) is 2. The summed E-state index contributed by atoms with van der Waals surface area (Å²) in [6.45, 7) is 0.854. The lowest BCUT2D eigenvalue weighted by molar-refractivity contribution is 0.781. The Hall–Kier alpha value is -1.72. The Morgan fingerprint density at radius 1 is 1.29 bits per heavy atom. The number of nitrogen functional groups attached to an aromatic ring is 1. The van der Waals surface area contributed by atoms with Gasteiger partial charge in [0.2, 0.25) is 5.96 Å². The van der Waals surface area contributed by atoms with Crippen LogP contribution >= 0.6 is 23.2 Å². The molecule has 0 fully saturated rings. The summed E-state index contributed by atoms with van der Waals surface area (Å²) < 4.78 is 1.44. The molecule has 4 N–H and O–H groups in total. The first-order valence-electron chi connectivity index (χ1n) is 6.73. The minimum Gasteiger partial charge on any atom is -0.370 e. The maximum atomic E-state index is 7.69. The van der Waals surface area contributed by atoms with E-state index >= 15 is 0 Å². The third-order valence-electron chi connectivity index (χ3n) is 3.55. The molecule has 0 saturated carbocycles. The minimum absolute atomic E-state index is 0.105. The van der Waals surface area contributed by atoms with Gasteiger partial charge in [0.1, 0.15) is 5.82 Å². The maximum Gasteiger partial charge on any atom is 0.215 e. The van der Waals surface area contributed by atoms with Crippen molar-refractivity contribution in [2.75, 3.05) is 11.9 Å². The van der Waals surface area contributed by atoms with Crippen LogP contribution in [0.2, 0.25) is 10.0 Å². The van der Waals surface area contributed by atoms with Gasteiger partial charge in [0.05, 0.1) is 15.7 Å². The summed E-state index contributed by atoms with van der Waals surface area (Å²) in [5.74, 6) is 0.702. The van der Waals surface area contributed by atoms with Crippen LogP contribution in [0.4, 0.5) is 5.82 Å². The molecule has 1 aromatic carbocycles. The zero-order valence-electron chi connectivity index (χ0n) is 11.3. The number of nitrogens with one attached hydrogen (secondary N) is 2. The highest BCUT2D eigenvalue weighted by Crippen LogP contribution is 2.34. The van der Waals surface area contributed by atoms with Crippen LogP contribution in [0, 0.1) is 5.41 Å². The van der Waals surface area contributed by atoms with Crippen molar-refractivity contribution in [1.82, 2.24) is 9.78 Å². The predicted octanol–water partition coefficient (Wildman–Crippen LogP) is 3.35. The fraction of sp³-hybridized carbons (Fsp3) is 0.286. The number of aromatic nitrogens is 2. The van der Waals surface area contributed by atoms with E-state index in [1.54, 1.807) is 12.1 Å². The van der Waals surface area contributed by atoms with E-state index in [1.807, 2.05) is 6.07 Å². The van der Waals surface area contributed by atoms with Gasteiger partial charge in [-0.1, -0.05) is 29.3 Å². The van der Waals surface area contributed by atoms with Crippen molar-refractivity contribution in [2.24, 2.45) is 5.73 Å². The average Bonchev–Trinajstić information content (AvgIpc) is 2.65. The molecule has 0 saturated heterocycles. The zero-order chi connectivity index (χ0) is 15.0. The lowest BCUT2D eigenvalue weighted by Gasteiger charge is -2.06. The second-order valence-corrected chi connectivity index (χ2v) is 5.80. The number of hydrogen-bond donors (Lipinski definition) is 3. The number of nitrogens with two attached hydrogens (primary N) is 1. The van der Waals surface area contributed by atoms with Crippen LogP contribution in [0.3, 0.4) is 0 Å². The number of rotatable bonds is 1. The molecule has 1 aliphatic heterocycles. The van der Waals surface area contributed by atoms with Crippen LogP contribution in [-0.2, 0) is 6.42 Å². The summed E-state index contributed by atoms with van der Waals surface area (Å²) in [5.41, 5.74) is 8.38. The smallest absolute Gasteiger partial charge is 0.215 e. The predicted molar refractivity (Wildman–Crippen MR) is 86.4 cm³/mol. The molecular formula is C14H15Cl2N5. The van der Waals surface area contributed by atoms with Crippen molar-refractivity contribution in [1.29, 1.82) is 5.41 Å². The summed E-state index contributed by atoms with van der Waals surface area (Å²) >= 11 is 12.1. The van der Waals surface area contributed by atoms with E-state index in [9.17, 15) is 0 Å². The van der Waals surface area contributed by atoms with Crippen molar-refractivity contribution in [3.8, 4) is 11.3 Å². The first-order valence-corrected chi connectivity index (χ1v) is 7.49. The largest absolute Gasteiger partial charge is 0.370 e. The molecule has 0 atom stereocenters. The van der Waals surface area contributed by atoms with Crippen molar-refractivity contribution < 1.29 is 0 Å². The van der Waals surface area contributed by atoms with Crippen molar-refractivity contribution in [3.05, 3.63) is 33.8 Å². The molecule has 1 aliphatic rings. The molecule has 1 aromatic heterocycles. The van der Waals surface area contributed by atoms with Crippen molar-refractivity contribution in [2.45, 2.75) is 19.3 Å². The summed E-state index contributed by atoms with van der Waals surface area (Å²) in [4.78, 5) is 0. The van der Waals surface area contributed by atoms with E-state index in [0.717, 1.165) is 48.4 Å². The van der Waals surface area contributed by atoms with Crippen molar-refractivity contribution >= 4 is 35.0 Å². The molecule has 0 unspecified atom stereocenters. The fourth-order valence-corrected chi connectivity index (χ4v) is 2.85. The zero-order valence-corrected chi connectivity index (χ0v) is 12.8. The van der Waals surface area contributed by atoms with E-state index in [1.165, 1.54) is 4.68 Å². The Balaban J connectivity index is 2.17. The number of fused-ring (bicyclic) bond motifs is 1. The number of halogens is 2. The van der Waals surface area contributed by atoms with Gasteiger partial charge >= 0.3 is 0 Å². The van der Waals surface area contributed by atoms with E-state index < -0.39 is 0 Å². The summed E-state index contributed by atoms with van der Waals surface area (Å²) in [6.07, 6.45) is 3.04. The first-order chi connectivity index (χ1) is 10.1. The number of benzene rings is 1. The van der Waals surface area contributed by atoms with Gasteiger partial charge < -0.3 is 11.1 Å². The summed E-state index contributed by atoms with van der Waals surface area (Å²) in [7, 11) is 0. The third kappa shape index (κ3) is 2.59. The molecule has 0 aliphatic carbocycles. The molecule has 3 rings (SSSR count). The second kappa shape index (κ2) is 5.58. The van der Waals surface area contributed by atoms with Crippen LogP contribution < -0.4 is 11.1 Å². The second-order valence-electron chi connectivity index (χ2n) is 4.99. The van der Waals surface area contributed by atoms with Crippen LogP contribution in [0.5, 0.6) is 0 Å². The molecule has 2 aromatic rings. The standard InChI is InChI=1S/C14H15Cl2N5/c15-10-5-4-8(7-11(10)16)12-9-3-1-2-6-19-13(9)21(20-12)14(17)18/h4-5,7,19H,1-3,6H2,(H3,17,18). The van der Waals surface area contributed by atoms with Crippen LogP contribution in [0.1, 0.15) is 18.4 Å². The molecular weight excluding hydrogens is 309 g/mol. The van der Waals surface area contributed by atoms with E-state index in [4.69, 9.17) is 34.3 Å². The van der Waals surface area contributed by atoms with E-state index in [-0.39, 0.29) is 5.96 Å². The third-order valence-corrected chi connectivity index (χ3v) is 4.29. The Labute approximate surface area is 132 Å². The van der Waals surface area contributed by atoms with E-state index in [2.05, 4.69) is 10.4 Å². The quantitative estimate of drug-likeness (QED) is 0.556. The highest BCUT2D eigenvalue weighted by Gasteiger charge is 2.22. The minimum atomic E-state index is -0.105. The van der Waals surface area contributed by atoms with Crippen LogP contribution in [0.25, 0.3) is 11.3 Å². The van der Waals surface area contributed by atoms with Gasteiger partial charge in [-0.3, -0.25) is 5.41 Å². The Kier molecular flexibility index (Phi) is 3.78. The summed E-state index contributed by atoms with van der Waals surface area (Å²) in [6, 6.07) is 5.43. The molecule has 0 bridgehead atoms. The summed E-state index contributed by atoms with van der Waals surface area (Å²) in [5, 5.41) is 16.5. The lowest BCUT2D eigenvalue weighted by Crippen LogP contribution is -2.24. The van der Waals surface area contributed by atoms with Crippen LogP contribution in [-0.4, -0.2) is 22.3 Å². The Morgan fingerprint density at radius 3 is 2.81 bits per heavy atom. The highest BCUT2D eigenvalue weighted by molar-refractivity contribution is 6.42. The number of anilines is 1. The molecule has 0 amide bonds. The van der Waals surface area contributed by atoms with E-state index in [0.29, 0.717) is 10.0 Å². The monoisotopic (exact) mass is 323 g/mol. The Bertz CT molecular complexity index is 708. The molecule has 5 nitrogen and oxygen atoms in total. The molecule has 21 heavy (non-hydrogen) atoms. The normalized spacial score (nSPS) is 14.2. The van der Waals surface area contributed by atoms with Crippen LogP contribution in [0.15, 0.2) is 18.2 Å². The molecule has 2 heterocycles.